The Bertz CT molecular complexity index is 428. The lowest BCUT2D eigenvalue weighted by molar-refractivity contribution is -0.0587. The number of hydrazine groups is 1. The molecular weight excluding hydrogens is 232 g/mol. The van der Waals surface area contributed by atoms with Gasteiger partial charge in [-0.2, -0.15) is 0 Å². The van der Waals surface area contributed by atoms with Gasteiger partial charge in [0, 0.05) is 13.1 Å². The Balaban J connectivity index is 2.14. The number of morpholine rings is 1. The van der Waals surface area contributed by atoms with E-state index in [0.29, 0.717) is 24.6 Å². The number of hydrogen-bond donors (Lipinski definition) is 2. The van der Waals surface area contributed by atoms with E-state index in [1.807, 2.05) is 13.8 Å². The summed E-state index contributed by atoms with van der Waals surface area (Å²) in [5, 5.41) is 0. The van der Waals surface area contributed by atoms with E-state index in [1.54, 1.807) is 23.1 Å². The van der Waals surface area contributed by atoms with Crippen molar-refractivity contribution in [1.29, 1.82) is 0 Å². The Morgan fingerprint density at radius 2 is 2.11 bits per heavy atom. The van der Waals surface area contributed by atoms with Gasteiger partial charge in [0.25, 0.3) is 5.91 Å². The van der Waals surface area contributed by atoms with Crippen LogP contribution >= 0.6 is 0 Å². The second-order valence-electron chi connectivity index (χ2n) is 4.52. The van der Waals surface area contributed by atoms with Crippen LogP contribution in [0.25, 0.3) is 0 Å². The SMILES string of the molecule is CC1CN(C(=O)c2cccc(NN)n2)CC(C)O1. The van der Waals surface area contributed by atoms with Gasteiger partial charge in [0.15, 0.2) is 0 Å². The zero-order valence-electron chi connectivity index (χ0n) is 10.6. The normalized spacial score (nSPS) is 23.8. The van der Waals surface area contributed by atoms with Crippen molar-refractivity contribution in [3.05, 3.63) is 23.9 Å². The predicted molar refractivity (Wildman–Crippen MR) is 68.0 cm³/mol. The third-order valence-corrected chi connectivity index (χ3v) is 2.82. The third-order valence-electron chi connectivity index (χ3n) is 2.82. The Labute approximate surface area is 106 Å². The average Bonchev–Trinajstić information content (AvgIpc) is 2.37. The first-order valence-corrected chi connectivity index (χ1v) is 5.98. The first-order chi connectivity index (χ1) is 8.60. The Morgan fingerprint density at radius 3 is 2.72 bits per heavy atom. The highest BCUT2D eigenvalue weighted by molar-refractivity contribution is 5.92. The molecule has 0 bridgehead atoms. The second kappa shape index (κ2) is 5.32. The van der Waals surface area contributed by atoms with Crippen molar-refractivity contribution in [3.8, 4) is 0 Å². The van der Waals surface area contributed by atoms with Gasteiger partial charge < -0.3 is 15.1 Å². The number of ether oxygens (including phenoxy) is 1. The summed E-state index contributed by atoms with van der Waals surface area (Å²) in [5.74, 6) is 5.68. The molecule has 2 rings (SSSR count). The first-order valence-electron chi connectivity index (χ1n) is 5.98. The fraction of sp³-hybridized carbons (Fsp3) is 0.500. The first kappa shape index (κ1) is 12.8. The molecule has 1 aromatic heterocycles. The van der Waals surface area contributed by atoms with Gasteiger partial charge in [0.1, 0.15) is 11.5 Å². The van der Waals surface area contributed by atoms with E-state index in [4.69, 9.17) is 10.6 Å². The molecule has 3 N–H and O–H groups in total. The number of hydrogen-bond acceptors (Lipinski definition) is 5. The molecule has 98 valence electrons. The monoisotopic (exact) mass is 250 g/mol. The fourth-order valence-electron chi connectivity index (χ4n) is 2.14. The minimum atomic E-state index is -0.0888. The van der Waals surface area contributed by atoms with Gasteiger partial charge >= 0.3 is 0 Å². The van der Waals surface area contributed by atoms with E-state index < -0.39 is 0 Å². The van der Waals surface area contributed by atoms with Crippen LogP contribution in [0, 0.1) is 0 Å². The Hall–Kier alpha value is -1.66. The maximum atomic E-state index is 12.3. The number of carbonyl (C=O) groups excluding carboxylic acids is 1. The number of amides is 1. The molecule has 0 spiro atoms. The quantitative estimate of drug-likeness (QED) is 0.594. The molecule has 2 heterocycles. The summed E-state index contributed by atoms with van der Waals surface area (Å²) in [5.41, 5.74) is 2.83. The third kappa shape index (κ3) is 2.77. The number of anilines is 1. The highest BCUT2D eigenvalue weighted by Crippen LogP contribution is 2.14. The number of nitrogen functional groups attached to an aromatic ring is 1. The molecule has 2 unspecified atom stereocenters. The van der Waals surface area contributed by atoms with Crippen molar-refractivity contribution in [2.45, 2.75) is 26.1 Å². The Kier molecular flexibility index (Phi) is 3.78. The van der Waals surface area contributed by atoms with Crippen molar-refractivity contribution in [3.63, 3.8) is 0 Å². The number of aromatic nitrogens is 1. The van der Waals surface area contributed by atoms with Crippen LogP contribution in [0.15, 0.2) is 18.2 Å². The summed E-state index contributed by atoms with van der Waals surface area (Å²) in [6, 6.07) is 5.15. The molecule has 0 saturated carbocycles. The number of nitrogens with one attached hydrogen (secondary N) is 1. The number of rotatable bonds is 2. The van der Waals surface area contributed by atoms with Gasteiger partial charge in [-0.1, -0.05) is 6.07 Å². The Morgan fingerprint density at radius 1 is 1.44 bits per heavy atom. The van der Waals surface area contributed by atoms with Gasteiger partial charge in [0.2, 0.25) is 0 Å². The summed E-state index contributed by atoms with van der Waals surface area (Å²) in [7, 11) is 0. The van der Waals surface area contributed by atoms with Crippen LogP contribution in [0.1, 0.15) is 24.3 Å². The van der Waals surface area contributed by atoms with Gasteiger partial charge in [0.05, 0.1) is 12.2 Å². The van der Waals surface area contributed by atoms with Crippen LogP contribution in [-0.4, -0.2) is 41.1 Å². The molecule has 1 saturated heterocycles. The zero-order chi connectivity index (χ0) is 13.1. The van der Waals surface area contributed by atoms with Crippen LogP contribution in [0.5, 0.6) is 0 Å². The van der Waals surface area contributed by atoms with E-state index in [1.165, 1.54) is 0 Å². The molecule has 1 aliphatic heterocycles. The molecule has 1 aliphatic rings. The summed E-state index contributed by atoms with van der Waals surface area (Å²) >= 11 is 0. The molecule has 6 heteroatoms. The lowest BCUT2D eigenvalue weighted by Crippen LogP contribution is -2.48. The molecule has 0 aromatic carbocycles. The summed E-state index contributed by atoms with van der Waals surface area (Å²) in [6.45, 7) is 5.10. The van der Waals surface area contributed by atoms with E-state index in [2.05, 4.69) is 10.4 Å². The predicted octanol–water partition coefficient (Wildman–Crippen LogP) is 0.617. The molecule has 2 atom stereocenters. The van der Waals surface area contributed by atoms with Gasteiger partial charge in [-0.05, 0) is 26.0 Å². The van der Waals surface area contributed by atoms with E-state index in [9.17, 15) is 4.79 Å². The zero-order valence-corrected chi connectivity index (χ0v) is 10.6. The van der Waals surface area contributed by atoms with E-state index in [-0.39, 0.29) is 18.1 Å². The number of carbonyl (C=O) groups is 1. The topological polar surface area (TPSA) is 80.5 Å². The minimum Gasteiger partial charge on any atom is -0.372 e. The second-order valence-corrected chi connectivity index (χ2v) is 4.52. The van der Waals surface area contributed by atoms with Gasteiger partial charge in [-0.3, -0.25) is 4.79 Å². The average molecular weight is 250 g/mol. The summed E-state index contributed by atoms with van der Waals surface area (Å²) in [6.07, 6.45) is 0.0991. The van der Waals surface area contributed by atoms with Crippen LogP contribution in [-0.2, 0) is 4.74 Å². The highest BCUT2D eigenvalue weighted by atomic mass is 16.5. The summed E-state index contributed by atoms with van der Waals surface area (Å²) in [4.78, 5) is 18.2. The van der Waals surface area contributed by atoms with Crippen LogP contribution in [0.3, 0.4) is 0 Å². The lowest BCUT2D eigenvalue weighted by atomic mass is 10.2. The van der Waals surface area contributed by atoms with Crippen LogP contribution in [0.4, 0.5) is 5.82 Å². The fourth-order valence-corrected chi connectivity index (χ4v) is 2.14. The number of nitrogens with zero attached hydrogens (tertiary/aromatic N) is 2. The largest absolute Gasteiger partial charge is 0.372 e. The lowest BCUT2D eigenvalue weighted by Gasteiger charge is -2.35. The van der Waals surface area contributed by atoms with Crippen LogP contribution < -0.4 is 11.3 Å². The molecule has 1 aromatic rings. The van der Waals surface area contributed by atoms with E-state index >= 15 is 0 Å². The summed E-state index contributed by atoms with van der Waals surface area (Å²) < 4.78 is 5.60. The maximum Gasteiger partial charge on any atom is 0.272 e. The molecular formula is C12H18N4O2. The number of nitrogens with two attached hydrogens (primary N) is 1. The van der Waals surface area contributed by atoms with Gasteiger partial charge in [-0.15, -0.1) is 0 Å². The molecule has 18 heavy (non-hydrogen) atoms. The molecule has 1 amide bonds. The van der Waals surface area contributed by atoms with E-state index in [0.717, 1.165) is 0 Å². The standard InChI is InChI=1S/C12H18N4O2/c1-8-6-16(7-9(2)18-8)12(17)10-4-3-5-11(14-10)15-13/h3-5,8-9H,6-7,13H2,1-2H3,(H,14,15). The smallest absolute Gasteiger partial charge is 0.272 e. The van der Waals surface area contributed by atoms with Gasteiger partial charge in [-0.25, -0.2) is 10.8 Å². The minimum absolute atomic E-state index is 0.0496. The van der Waals surface area contributed by atoms with Crippen molar-refractivity contribution in [2.75, 3.05) is 18.5 Å². The maximum absolute atomic E-state index is 12.3. The van der Waals surface area contributed by atoms with Crippen LogP contribution in [0.2, 0.25) is 0 Å². The molecule has 0 radical (unpaired) electrons. The van der Waals surface area contributed by atoms with Crippen molar-refractivity contribution in [1.82, 2.24) is 9.88 Å². The highest BCUT2D eigenvalue weighted by Gasteiger charge is 2.27. The van der Waals surface area contributed by atoms with Crippen molar-refractivity contribution < 1.29 is 9.53 Å². The van der Waals surface area contributed by atoms with Crippen molar-refractivity contribution in [2.24, 2.45) is 5.84 Å². The number of pyridine rings is 1. The van der Waals surface area contributed by atoms with Crippen molar-refractivity contribution >= 4 is 11.7 Å². The molecule has 1 fully saturated rings. The molecule has 0 aliphatic carbocycles. The molecule has 6 nitrogen and oxygen atoms in total.